The molecule has 1 fully saturated rings. The Hall–Kier alpha value is -1.60. The summed E-state index contributed by atoms with van der Waals surface area (Å²) in [4.78, 5) is 6.32. The van der Waals surface area contributed by atoms with E-state index in [-0.39, 0.29) is 11.2 Å². The largest absolute Gasteiger partial charge is 0.366 e. The van der Waals surface area contributed by atoms with Gasteiger partial charge in [0.25, 0.3) is 0 Å². The van der Waals surface area contributed by atoms with Crippen LogP contribution < -0.4 is 4.90 Å². The van der Waals surface area contributed by atoms with Crippen molar-refractivity contribution in [2.24, 2.45) is 0 Å². The molecule has 1 aromatic heterocycles. The molecule has 4 heteroatoms. The lowest BCUT2D eigenvalue weighted by atomic mass is 9.98. The van der Waals surface area contributed by atoms with Crippen LogP contribution in [0.3, 0.4) is 0 Å². The van der Waals surface area contributed by atoms with Crippen molar-refractivity contribution in [1.82, 2.24) is 4.98 Å². The molecule has 2 heterocycles. The fourth-order valence-corrected chi connectivity index (χ4v) is 2.69. The molecule has 0 saturated carbocycles. The van der Waals surface area contributed by atoms with Gasteiger partial charge in [0.15, 0.2) is 0 Å². The Morgan fingerprint density at radius 3 is 2.44 bits per heavy atom. The number of rotatable bonds is 1. The minimum Gasteiger partial charge on any atom is -0.366 e. The Morgan fingerprint density at radius 1 is 1.28 bits per heavy atom. The summed E-state index contributed by atoms with van der Waals surface area (Å²) in [5, 5.41) is 9.17. The van der Waals surface area contributed by atoms with Crippen molar-refractivity contribution in [2.75, 3.05) is 18.0 Å². The normalized spacial score (nSPS) is 21.4. The molecule has 0 atom stereocenters. The summed E-state index contributed by atoms with van der Waals surface area (Å²) >= 11 is 0. The molecule has 0 bridgehead atoms. The van der Waals surface area contributed by atoms with Gasteiger partial charge in [-0.25, -0.2) is 0 Å². The van der Waals surface area contributed by atoms with Crippen LogP contribution in [0, 0.1) is 11.3 Å². The highest BCUT2D eigenvalue weighted by molar-refractivity contribution is 5.58. The first-order valence-electron chi connectivity index (χ1n) is 6.12. The van der Waals surface area contributed by atoms with Gasteiger partial charge < -0.3 is 9.64 Å². The Morgan fingerprint density at radius 2 is 1.89 bits per heavy atom. The lowest BCUT2D eigenvalue weighted by Gasteiger charge is -2.48. The van der Waals surface area contributed by atoms with E-state index in [1.165, 1.54) is 0 Å². The number of hydrogen-bond donors (Lipinski definition) is 0. The van der Waals surface area contributed by atoms with E-state index in [1.54, 1.807) is 18.5 Å². The number of ether oxygens (including phenoxy) is 1. The summed E-state index contributed by atoms with van der Waals surface area (Å²) in [6.45, 7) is 9.81. The lowest BCUT2D eigenvalue weighted by Crippen LogP contribution is -2.57. The van der Waals surface area contributed by atoms with Crippen molar-refractivity contribution in [1.29, 1.82) is 5.26 Å². The predicted molar refractivity (Wildman–Crippen MR) is 70.4 cm³/mol. The minimum atomic E-state index is -0.232. The molecular weight excluding hydrogens is 226 g/mol. The molecule has 0 radical (unpaired) electrons. The second-order valence-corrected chi connectivity index (χ2v) is 5.98. The van der Waals surface area contributed by atoms with Gasteiger partial charge in [0.2, 0.25) is 0 Å². The van der Waals surface area contributed by atoms with E-state index in [9.17, 15) is 5.26 Å². The Kier molecular flexibility index (Phi) is 3.04. The number of pyridine rings is 1. The van der Waals surface area contributed by atoms with E-state index < -0.39 is 0 Å². The van der Waals surface area contributed by atoms with Crippen molar-refractivity contribution >= 4 is 5.69 Å². The van der Waals surface area contributed by atoms with E-state index in [0.717, 1.165) is 18.8 Å². The van der Waals surface area contributed by atoms with Crippen LogP contribution >= 0.6 is 0 Å². The number of aromatic nitrogens is 1. The first kappa shape index (κ1) is 12.8. The number of hydrogen-bond acceptors (Lipinski definition) is 4. The van der Waals surface area contributed by atoms with E-state index in [0.29, 0.717) is 5.56 Å². The van der Waals surface area contributed by atoms with E-state index in [1.807, 2.05) is 0 Å². The molecule has 1 aliphatic heterocycles. The van der Waals surface area contributed by atoms with Gasteiger partial charge in [-0.05, 0) is 33.8 Å². The second kappa shape index (κ2) is 4.25. The Labute approximate surface area is 108 Å². The Balaban J connectivity index is 2.36. The average molecular weight is 245 g/mol. The molecule has 4 nitrogen and oxygen atoms in total. The van der Waals surface area contributed by atoms with Crippen LogP contribution in [0.4, 0.5) is 5.69 Å². The number of nitrogens with zero attached hydrogens (tertiary/aromatic N) is 3. The topological polar surface area (TPSA) is 49.2 Å². The molecular formula is C14H19N3O. The van der Waals surface area contributed by atoms with Gasteiger partial charge in [-0.1, -0.05) is 0 Å². The van der Waals surface area contributed by atoms with E-state index in [2.05, 4.69) is 43.6 Å². The maximum Gasteiger partial charge on any atom is 0.101 e. The fourth-order valence-electron chi connectivity index (χ4n) is 2.69. The van der Waals surface area contributed by atoms with Gasteiger partial charge >= 0.3 is 0 Å². The molecule has 0 amide bonds. The van der Waals surface area contributed by atoms with Gasteiger partial charge in [0.05, 0.1) is 28.6 Å². The van der Waals surface area contributed by atoms with Crippen LogP contribution in [-0.4, -0.2) is 29.3 Å². The Bertz CT molecular complexity index is 472. The number of anilines is 1. The third-order valence-electron chi connectivity index (χ3n) is 2.96. The highest BCUT2D eigenvalue weighted by Crippen LogP contribution is 2.32. The van der Waals surface area contributed by atoms with Gasteiger partial charge in [0.1, 0.15) is 6.07 Å². The highest BCUT2D eigenvalue weighted by atomic mass is 16.5. The zero-order valence-corrected chi connectivity index (χ0v) is 11.4. The van der Waals surface area contributed by atoms with Gasteiger partial charge in [0, 0.05) is 19.3 Å². The first-order valence-corrected chi connectivity index (χ1v) is 6.12. The summed E-state index contributed by atoms with van der Waals surface area (Å²) in [6, 6.07) is 3.98. The summed E-state index contributed by atoms with van der Waals surface area (Å²) in [7, 11) is 0. The van der Waals surface area contributed by atoms with Crippen LogP contribution in [-0.2, 0) is 4.74 Å². The van der Waals surface area contributed by atoms with Gasteiger partial charge in [-0.2, -0.15) is 5.26 Å². The summed E-state index contributed by atoms with van der Waals surface area (Å²) in [5.74, 6) is 0. The molecule has 18 heavy (non-hydrogen) atoms. The second-order valence-electron chi connectivity index (χ2n) is 5.98. The van der Waals surface area contributed by atoms with Crippen LogP contribution in [0.2, 0.25) is 0 Å². The van der Waals surface area contributed by atoms with Gasteiger partial charge in [-0.3, -0.25) is 4.98 Å². The molecule has 0 aliphatic carbocycles. The van der Waals surface area contributed by atoms with Crippen molar-refractivity contribution < 1.29 is 4.74 Å². The number of nitriles is 1. The van der Waals surface area contributed by atoms with Gasteiger partial charge in [-0.15, -0.1) is 0 Å². The average Bonchev–Trinajstić information content (AvgIpc) is 2.24. The molecule has 96 valence electrons. The SMILES string of the molecule is CC1(C)CN(c2cnccc2C#N)CC(C)(C)O1. The molecule has 1 aliphatic rings. The van der Waals surface area contributed by atoms with Crippen molar-refractivity contribution in [2.45, 2.75) is 38.9 Å². The van der Waals surface area contributed by atoms with Crippen molar-refractivity contribution in [3.63, 3.8) is 0 Å². The molecule has 1 aromatic rings. The molecule has 2 rings (SSSR count). The predicted octanol–water partition coefficient (Wildman–Crippen LogP) is 2.35. The number of morpholine rings is 1. The van der Waals surface area contributed by atoms with Crippen LogP contribution in [0.5, 0.6) is 0 Å². The summed E-state index contributed by atoms with van der Waals surface area (Å²) in [6.07, 6.45) is 3.41. The summed E-state index contributed by atoms with van der Waals surface area (Å²) in [5.41, 5.74) is 1.09. The molecule has 0 unspecified atom stereocenters. The minimum absolute atomic E-state index is 0.232. The molecule has 0 N–H and O–H groups in total. The van der Waals surface area contributed by atoms with Crippen molar-refractivity contribution in [3.8, 4) is 6.07 Å². The molecule has 0 aromatic carbocycles. The molecule has 1 saturated heterocycles. The highest BCUT2D eigenvalue weighted by Gasteiger charge is 2.38. The maximum absolute atomic E-state index is 9.17. The van der Waals surface area contributed by atoms with E-state index >= 15 is 0 Å². The molecule has 0 spiro atoms. The fraction of sp³-hybridized carbons (Fsp3) is 0.571. The maximum atomic E-state index is 9.17. The van der Waals surface area contributed by atoms with Crippen molar-refractivity contribution in [3.05, 3.63) is 24.0 Å². The van der Waals surface area contributed by atoms with Crippen LogP contribution in [0.15, 0.2) is 18.5 Å². The van der Waals surface area contributed by atoms with E-state index in [4.69, 9.17) is 4.74 Å². The van der Waals surface area contributed by atoms with Crippen LogP contribution in [0.1, 0.15) is 33.3 Å². The lowest BCUT2D eigenvalue weighted by molar-refractivity contribution is -0.133. The third-order valence-corrected chi connectivity index (χ3v) is 2.96. The summed E-state index contributed by atoms with van der Waals surface area (Å²) < 4.78 is 6.04. The smallest absolute Gasteiger partial charge is 0.101 e. The first-order chi connectivity index (χ1) is 8.33. The zero-order valence-electron chi connectivity index (χ0n) is 11.4. The third kappa shape index (κ3) is 2.62. The van der Waals surface area contributed by atoms with Crippen LogP contribution in [0.25, 0.3) is 0 Å². The monoisotopic (exact) mass is 245 g/mol. The standard InChI is InChI=1S/C14H19N3O/c1-13(2)9-17(10-14(3,4)18-13)12-8-16-6-5-11(12)7-15/h5-6,8H,9-10H2,1-4H3. The quantitative estimate of drug-likeness (QED) is 0.762. The zero-order chi connectivity index (χ0) is 13.4.